The number of cyclic esters (lactones) is 1. The van der Waals surface area contributed by atoms with Crippen LogP contribution in [-0.2, 0) is 123 Å². The molecule has 0 bridgehead atoms. The lowest BCUT2D eigenvalue weighted by atomic mass is 9.82. The molecule has 113 heavy (non-hydrogen) atoms. The van der Waals surface area contributed by atoms with Crippen LogP contribution in [0.5, 0.6) is 0 Å². The number of hydrogen-bond acceptors (Lipinski definition) is 26. The Morgan fingerprint density at radius 2 is 1.19 bits per heavy atom. The zero-order chi connectivity index (χ0) is 82.0. The molecule has 1 aliphatic carbocycles. The number of benzene rings is 3. The minimum atomic E-state index is -2.05. The Morgan fingerprint density at radius 3 is 1.72 bits per heavy atom. The molecule has 3 aromatic carbocycles. The van der Waals surface area contributed by atoms with Crippen LogP contribution in [0.3, 0.4) is 0 Å². The molecule has 0 saturated carbocycles. The minimum absolute atomic E-state index is 0.0278. The van der Waals surface area contributed by atoms with Crippen LogP contribution in [0.4, 0.5) is 25.8 Å². The number of methoxy groups -OCH3 is 1. The number of primary amides is 3. The molecule has 0 radical (unpaired) electrons. The van der Waals surface area contributed by atoms with E-state index in [-0.39, 0.29) is 77.8 Å². The number of nitrogens with zero attached hydrogens (tertiary/aromatic N) is 4. The van der Waals surface area contributed by atoms with Crippen LogP contribution in [-0.4, -0.2) is 189 Å². The van der Waals surface area contributed by atoms with E-state index in [4.69, 9.17) is 56.3 Å². The number of rotatable bonds is 29. The fourth-order valence-corrected chi connectivity index (χ4v) is 14.3. The van der Waals surface area contributed by atoms with Gasteiger partial charge in [0.1, 0.15) is 75.1 Å². The van der Waals surface area contributed by atoms with Crippen molar-refractivity contribution in [2.75, 3.05) is 30.9 Å². The quantitative estimate of drug-likeness (QED) is 0.00868. The van der Waals surface area contributed by atoms with E-state index in [9.17, 15) is 81.5 Å². The molecule has 7 heterocycles. The van der Waals surface area contributed by atoms with Crippen molar-refractivity contribution in [3.05, 3.63) is 146 Å². The third-order valence-corrected chi connectivity index (χ3v) is 20.1. The second kappa shape index (κ2) is 32.5. The molecule has 2 fully saturated rings. The molecule has 2 aromatic heterocycles. The van der Waals surface area contributed by atoms with E-state index in [1.165, 1.54) is 99.7 Å². The number of nitrogens with one attached hydrogen (secondary N) is 8. The number of ketones is 2. The third-order valence-electron chi connectivity index (χ3n) is 20.1. The largest absolute Gasteiger partial charge is 0.510 e. The van der Waals surface area contributed by atoms with Gasteiger partial charge < -0.3 is 103 Å². The summed E-state index contributed by atoms with van der Waals surface area (Å²) in [5.74, 6) is -12.8. The summed E-state index contributed by atoms with van der Waals surface area (Å²) in [6.07, 6.45) is -5.64. The Morgan fingerprint density at radius 1 is 0.655 bits per heavy atom. The zero-order valence-corrected chi connectivity index (χ0v) is 61.8. The van der Waals surface area contributed by atoms with Gasteiger partial charge >= 0.3 is 24.3 Å². The summed E-state index contributed by atoms with van der Waals surface area (Å²) in [7, 11) is 1.32. The van der Waals surface area contributed by atoms with Crippen LogP contribution in [0.2, 0.25) is 0 Å². The molecular weight excluding hydrogens is 1480 g/mol. The first-order valence-corrected chi connectivity index (χ1v) is 35.5. The number of fused-ring (bicyclic) bond motifs is 9. The van der Waals surface area contributed by atoms with Crippen molar-refractivity contribution < 1.29 is 105 Å². The molecule has 2 saturated heterocycles. The number of ether oxygens (including phenoxy) is 6. The normalized spacial score (nSPS) is 20.2. The lowest BCUT2D eigenvalue weighted by molar-refractivity contribution is -0.175. The van der Waals surface area contributed by atoms with Crippen LogP contribution in [0.1, 0.15) is 95.0 Å². The van der Waals surface area contributed by atoms with E-state index >= 15 is 0 Å². The van der Waals surface area contributed by atoms with Crippen molar-refractivity contribution in [2.45, 2.75) is 153 Å². The second-order valence-electron chi connectivity index (χ2n) is 27.6. The van der Waals surface area contributed by atoms with Gasteiger partial charge in [-0.3, -0.25) is 67.2 Å². The maximum atomic E-state index is 13.9. The first-order chi connectivity index (χ1) is 53.6. The first-order valence-electron chi connectivity index (χ1n) is 35.5. The Kier molecular flexibility index (Phi) is 23.1. The number of carbonyl (C=O) groups excluding carboxylic acids is 16. The Hall–Kier alpha value is -13.6. The van der Waals surface area contributed by atoms with Crippen LogP contribution < -0.4 is 71.0 Å². The van der Waals surface area contributed by atoms with Gasteiger partial charge in [-0.2, -0.15) is 0 Å². The molecule has 11 rings (SSSR count). The standard InChI is InChI=1S/C74H80N16O23/c1-8-73(44-22-49-57-40(21-39-11-9-10-12-46(39)85-57)26-88(49)68(103)43(44)30-109-69(73)104)113-72(107)112-29-38-15-19-42(20-16-38)84-67(102)48(24-52(76)92)87-65(100)36(6)82-63(98)34(4)80-54(94)25-53(93)79-33(3)62(97)81-35(5)64(99)86-47(23-51(75)91)66(101)83-41-17-13-37(14-18-41)28-111-71(106)90-50-27-89-58-55(60(96)56(77)32(2)59(58)95)45(31-110-70(78)105)74(89,108-7)61(50)90/h9-22,33-36,45,47-48,50,61H,8,23-31,77H2,1-7H3,(H2,75,91)(H2,76,92)(H2,78,105)(H,79,93)(H,80,94)(H,81,97)(H,82,98)(H,83,101)(H,84,102)(H,86,99)(H,87,100)/t33-,34-,35-,36-,45+,47-,48-,50-,61?,73-,74+,90?/m0/s1. The maximum absolute atomic E-state index is 13.9. The predicted octanol–water partition coefficient (Wildman–Crippen LogP) is -1.14. The highest BCUT2D eigenvalue weighted by Crippen LogP contribution is 2.60. The monoisotopic (exact) mass is 1560 g/mol. The number of amides is 12. The SMILES string of the molecule is CC[C@@]1(OC(=O)OCc2ccc(NC(=O)[C@H](CC(N)=O)NC(=O)[C@H](C)NC(=O)[C@H](C)NC(=O)CC(=O)N[C@@H](C)C(=O)N[C@@H](C)C(=O)N[C@@H](CC(N)=O)C(=O)Nc3ccc(COC(=O)N4C5[C@@H]4CN4C6=C(C(=O)C(N)=C(C)C6=O)[C@@H](COC(N)=O)[C@@]54OC)cc3)cc2)C(=O)OCc2c1cc1n(c2=O)Cc2cc3ccccc3nc2-1. The van der Waals surface area contributed by atoms with E-state index in [0.717, 1.165) is 10.9 Å². The van der Waals surface area contributed by atoms with Gasteiger partial charge in [0, 0.05) is 52.7 Å². The molecule has 39 nitrogen and oxygen atoms in total. The van der Waals surface area contributed by atoms with Gasteiger partial charge in [0.05, 0.1) is 65.2 Å². The second-order valence-corrected chi connectivity index (χ2v) is 27.6. The molecule has 594 valence electrons. The summed E-state index contributed by atoms with van der Waals surface area (Å²) in [6.45, 7) is 6.67. The molecule has 11 atom stereocenters. The Labute approximate surface area is 641 Å². The number of carbonyl (C=O) groups is 16. The number of nitrogens with two attached hydrogens (primary N) is 4. The molecule has 12 amide bonds. The molecule has 5 aromatic rings. The number of piperazine rings is 1. The lowest BCUT2D eigenvalue weighted by Crippen LogP contribution is -2.56. The highest BCUT2D eigenvalue weighted by Gasteiger charge is 2.78. The summed E-state index contributed by atoms with van der Waals surface area (Å²) in [4.78, 5) is 231. The van der Waals surface area contributed by atoms with Crippen molar-refractivity contribution in [3.63, 3.8) is 0 Å². The summed E-state index contributed by atoms with van der Waals surface area (Å²) in [6, 6.07) is 12.5. The van der Waals surface area contributed by atoms with E-state index in [2.05, 4.69) is 42.5 Å². The van der Waals surface area contributed by atoms with Crippen molar-refractivity contribution in [1.82, 2.24) is 51.3 Å². The fraction of sp³-hybridized carbons (Fsp3) is 0.378. The van der Waals surface area contributed by atoms with Crippen molar-refractivity contribution >= 4 is 117 Å². The topological polar surface area (TPSA) is 570 Å². The summed E-state index contributed by atoms with van der Waals surface area (Å²) >= 11 is 0. The van der Waals surface area contributed by atoms with Crippen molar-refractivity contribution in [2.24, 2.45) is 28.9 Å². The molecule has 0 spiro atoms. The van der Waals surface area contributed by atoms with Crippen molar-refractivity contribution in [3.8, 4) is 11.4 Å². The molecule has 16 N–H and O–H groups in total. The molecular formula is C74H80N16O23. The average Bonchev–Trinajstić information content (AvgIpc) is 1.48. The fourth-order valence-electron chi connectivity index (χ4n) is 14.3. The number of pyridine rings is 2. The van der Waals surface area contributed by atoms with Gasteiger partial charge in [-0.15, -0.1) is 0 Å². The summed E-state index contributed by atoms with van der Waals surface area (Å²) in [5, 5.41) is 19.9. The number of para-hydroxylation sites is 1. The number of Topliss-reactive ketones (excluding diaryl/α,β-unsaturated/α-hetero) is 2. The number of hydrogen-bond donors (Lipinski definition) is 12. The summed E-state index contributed by atoms with van der Waals surface area (Å²) < 4.78 is 34.9. The molecule has 5 aliphatic heterocycles. The van der Waals surface area contributed by atoms with Crippen LogP contribution >= 0.6 is 0 Å². The Balaban J connectivity index is 0.586. The summed E-state index contributed by atoms with van der Waals surface area (Å²) in [5.41, 5.74) is 21.7. The van der Waals surface area contributed by atoms with Crippen LogP contribution in [0, 0.1) is 5.92 Å². The van der Waals surface area contributed by atoms with Gasteiger partial charge in [0.25, 0.3) is 5.56 Å². The van der Waals surface area contributed by atoms with Crippen LogP contribution in [0.25, 0.3) is 22.3 Å². The van der Waals surface area contributed by atoms with E-state index in [0.29, 0.717) is 28.0 Å². The highest BCUT2D eigenvalue weighted by molar-refractivity contribution is 6.25. The van der Waals surface area contributed by atoms with Gasteiger partial charge in [-0.05, 0) is 94.6 Å². The predicted molar refractivity (Wildman–Crippen MR) is 389 cm³/mol. The number of allylic oxidation sites excluding steroid dienone is 2. The molecule has 39 heteroatoms. The van der Waals surface area contributed by atoms with Gasteiger partial charge in [0.15, 0.2) is 5.72 Å². The van der Waals surface area contributed by atoms with Crippen LogP contribution in [0.15, 0.2) is 112 Å². The van der Waals surface area contributed by atoms with E-state index in [1.807, 2.05) is 30.3 Å². The maximum Gasteiger partial charge on any atom is 0.510 e. The number of anilines is 2. The number of esters is 1. The number of aromatic nitrogens is 2. The lowest BCUT2D eigenvalue weighted by Gasteiger charge is -2.40. The van der Waals surface area contributed by atoms with Crippen molar-refractivity contribution in [1.29, 1.82) is 0 Å². The van der Waals surface area contributed by atoms with E-state index in [1.54, 1.807) is 17.9 Å². The van der Waals surface area contributed by atoms with Gasteiger partial charge in [-0.25, -0.2) is 24.2 Å². The van der Waals surface area contributed by atoms with Gasteiger partial charge in [-0.1, -0.05) is 49.4 Å². The Bertz CT molecular complexity index is 5000. The zero-order valence-electron chi connectivity index (χ0n) is 61.8. The third kappa shape index (κ3) is 16.4. The van der Waals surface area contributed by atoms with E-state index < -0.39 is 199 Å². The van der Waals surface area contributed by atoms with Gasteiger partial charge in [0.2, 0.25) is 76.2 Å². The first kappa shape index (κ1) is 80.4. The molecule has 1 unspecified atom stereocenters. The minimum Gasteiger partial charge on any atom is -0.457 e. The average molecular weight is 1560 g/mol. The highest BCUT2D eigenvalue weighted by atomic mass is 16.7. The molecule has 6 aliphatic rings. The smallest absolute Gasteiger partial charge is 0.457 e.